The second-order valence-corrected chi connectivity index (χ2v) is 29.9. The lowest BCUT2D eigenvalue weighted by atomic mass is 10.0. The molecule has 9 aromatic rings. The SMILES string of the molecule is C.CC(C)(C)OC(=O)c1c(-c2ccc(Cl)cc2)csc1N.CC(C)(C)OC(=O)c1c(-c2ccc(Cl)cc2)csc1NC(=O)C(Cl)Cc1ccccc1.ClCCl.NC(Cc1ccccc1)C(=O)O.O=C(Cl)C(Cl)Cc1ccccc1.O=C(Cl)C(Cl)Cc1ccccc1.O=C(O)C(Cl)Cc1ccccc1. The minimum absolute atomic E-state index is 0. The van der Waals surface area contributed by atoms with E-state index in [4.69, 9.17) is 147 Å². The minimum atomic E-state index is -0.972. The van der Waals surface area contributed by atoms with Crippen LogP contribution in [0.5, 0.6) is 0 Å². The molecule has 0 radical (unpaired) electrons. The fourth-order valence-corrected chi connectivity index (χ4v) is 11.3. The summed E-state index contributed by atoms with van der Waals surface area (Å²) >= 11 is 57.7. The molecule has 103 heavy (non-hydrogen) atoms. The Bertz CT molecular complexity index is 3770. The van der Waals surface area contributed by atoms with Gasteiger partial charge in [0, 0.05) is 31.9 Å². The van der Waals surface area contributed by atoms with Gasteiger partial charge in [0.1, 0.15) is 59.9 Å². The van der Waals surface area contributed by atoms with Crippen molar-refractivity contribution in [2.45, 2.75) is 120 Å². The number of carboxylic acids is 2. The molecule has 5 atom stereocenters. The first kappa shape index (κ1) is 92.4. The highest BCUT2D eigenvalue weighted by Gasteiger charge is 2.29. The molecule has 0 saturated heterocycles. The number of anilines is 2. The number of carbonyl (C=O) groups excluding carboxylic acids is 5. The van der Waals surface area contributed by atoms with Gasteiger partial charge in [0.25, 0.3) is 0 Å². The number of halogens is 10. The summed E-state index contributed by atoms with van der Waals surface area (Å²) in [4.78, 5) is 80.0. The molecule has 0 spiro atoms. The normalized spacial score (nSPS) is 11.9. The summed E-state index contributed by atoms with van der Waals surface area (Å²) in [6.07, 6.45) is 2.12. The minimum Gasteiger partial charge on any atom is -0.480 e. The van der Waals surface area contributed by atoms with E-state index in [1.165, 1.54) is 22.7 Å². The van der Waals surface area contributed by atoms with Crippen LogP contribution in [0.2, 0.25) is 10.0 Å². The zero-order valence-electron chi connectivity index (χ0n) is 56.2. The third-order valence-corrected chi connectivity index (χ3v) is 17.4. The molecule has 0 bridgehead atoms. The molecule has 1 amide bonds. The first-order valence-electron chi connectivity index (χ1n) is 30.9. The zero-order valence-corrected chi connectivity index (χ0v) is 65.3. The van der Waals surface area contributed by atoms with E-state index >= 15 is 0 Å². The number of aliphatic carboxylic acids is 2. The van der Waals surface area contributed by atoms with Crippen LogP contribution in [0.15, 0.2) is 211 Å². The van der Waals surface area contributed by atoms with Crippen LogP contribution >= 0.6 is 139 Å². The van der Waals surface area contributed by atoms with Crippen LogP contribution in [0, 0.1) is 0 Å². The Labute approximate surface area is 660 Å². The number of ether oxygens (including phenoxy) is 2. The predicted octanol–water partition coefficient (Wildman–Crippen LogP) is 21.2. The van der Waals surface area contributed by atoms with Gasteiger partial charge in [0.2, 0.25) is 16.4 Å². The number of nitrogens with two attached hydrogens (primary N) is 2. The number of hydrogen-bond acceptors (Lipinski definition) is 13. The van der Waals surface area contributed by atoms with E-state index in [9.17, 15) is 33.6 Å². The van der Waals surface area contributed by atoms with Crippen LogP contribution in [0.1, 0.15) is 97.5 Å². The molecule has 552 valence electrons. The molecular formula is C77H81Cl10N3O11S2. The van der Waals surface area contributed by atoms with Gasteiger partial charge in [-0.05, 0) is 160 Å². The maximum atomic E-state index is 13.0. The molecule has 7 N–H and O–H groups in total. The number of carbonyl (C=O) groups is 7. The van der Waals surface area contributed by atoms with Gasteiger partial charge in [-0.25, -0.2) is 9.59 Å². The summed E-state index contributed by atoms with van der Waals surface area (Å²) in [6, 6.07) is 60.9. The number of rotatable bonds is 20. The summed E-state index contributed by atoms with van der Waals surface area (Å²) in [5, 5.41) is 22.0. The number of esters is 2. The number of benzene rings is 7. The van der Waals surface area contributed by atoms with E-state index in [1.54, 1.807) is 45.0 Å². The van der Waals surface area contributed by atoms with Gasteiger partial charge in [-0.2, -0.15) is 0 Å². The highest BCUT2D eigenvalue weighted by molar-refractivity contribution is 7.15. The molecule has 5 unspecified atom stereocenters. The summed E-state index contributed by atoms with van der Waals surface area (Å²) in [7, 11) is 0. The average Bonchev–Trinajstić information content (AvgIpc) is 1.68. The Balaban J connectivity index is 0.000000436. The number of thiophene rings is 2. The molecule has 0 aliphatic rings. The number of carboxylic acid groups (broad SMARTS) is 2. The standard InChI is InChI=1S/C24H23Cl2NO3S.C15H16ClNO2S.2C9H8Cl2O.C9H9ClO2.C9H11NO2.CH2Cl2.CH4/c1-24(2,3)30-23(29)20-18(16-9-11-17(25)12-10-16)14-31-22(20)27-21(28)19(26)13-15-7-5-4-6-8-15;1-15(2,3)19-14(18)12-11(8-20-13(12)17)9-4-6-10(16)7-5-9;4*10-8(9(11)12)6-7-4-2-1-3-5-7;2-1-3;/h4-12,14,19H,13H2,1-3H3,(H,27,28);4-8H,17H2,1-3H3;2*1-5,8H,6H2;1-5,8H,6H2,(H,11,12);1-5,8H,6,10H2,(H,11,12);1H2;1H4. The molecule has 7 aromatic carbocycles. The van der Waals surface area contributed by atoms with Crippen molar-refractivity contribution in [3.8, 4) is 22.3 Å². The van der Waals surface area contributed by atoms with Crippen LogP contribution in [-0.2, 0) is 65.6 Å². The van der Waals surface area contributed by atoms with Crippen LogP contribution < -0.4 is 16.8 Å². The monoisotopic (exact) mass is 1640 g/mol. The topological polar surface area (TPSA) is 242 Å². The van der Waals surface area contributed by atoms with E-state index in [1.807, 2.05) is 207 Å². The van der Waals surface area contributed by atoms with Gasteiger partial charge in [-0.3, -0.25) is 24.0 Å². The number of nitrogen functional groups attached to an aromatic ring is 1. The van der Waals surface area contributed by atoms with Crippen molar-refractivity contribution in [2.75, 3.05) is 16.4 Å². The number of hydrogen-bond donors (Lipinski definition) is 5. The third kappa shape index (κ3) is 37.2. The molecule has 0 aliphatic heterocycles. The van der Waals surface area contributed by atoms with Gasteiger partial charge >= 0.3 is 23.9 Å². The summed E-state index contributed by atoms with van der Waals surface area (Å²) < 4.78 is 11.0. The quantitative estimate of drug-likeness (QED) is 0.0271. The second kappa shape index (κ2) is 48.4. The molecule has 2 aromatic heterocycles. The Morgan fingerprint density at radius 3 is 1.05 bits per heavy atom. The highest BCUT2D eigenvalue weighted by Crippen LogP contribution is 2.39. The van der Waals surface area contributed by atoms with Crippen molar-refractivity contribution in [3.05, 3.63) is 260 Å². The van der Waals surface area contributed by atoms with Gasteiger partial charge in [-0.15, -0.1) is 92.3 Å². The van der Waals surface area contributed by atoms with Crippen molar-refractivity contribution in [2.24, 2.45) is 5.73 Å². The fourth-order valence-electron chi connectivity index (χ4n) is 8.35. The van der Waals surface area contributed by atoms with E-state index in [2.05, 4.69) is 5.32 Å². The van der Waals surface area contributed by atoms with Gasteiger partial charge in [0.15, 0.2) is 0 Å². The number of amides is 1. The number of alkyl halides is 6. The Morgan fingerprint density at radius 1 is 0.447 bits per heavy atom. The van der Waals surface area contributed by atoms with Gasteiger partial charge in [-0.1, -0.05) is 207 Å². The Morgan fingerprint density at radius 2 is 0.738 bits per heavy atom. The van der Waals surface area contributed by atoms with E-state index in [-0.39, 0.29) is 18.7 Å². The summed E-state index contributed by atoms with van der Waals surface area (Å²) in [5.74, 6) is -3.22. The second-order valence-electron chi connectivity index (χ2n) is 23.6. The third-order valence-electron chi connectivity index (χ3n) is 13.1. The largest absolute Gasteiger partial charge is 0.480 e. The molecule has 14 nitrogen and oxygen atoms in total. The van der Waals surface area contributed by atoms with Crippen molar-refractivity contribution in [1.29, 1.82) is 0 Å². The van der Waals surface area contributed by atoms with Crippen molar-refractivity contribution in [3.63, 3.8) is 0 Å². The van der Waals surface area contributed by atoms with Crippen LogP contribution in [0.4, 0.5) is 10.0 Å². The Hall–Kier alpha value is -6.71. The van der Waals surface area contributed by atoms with Gasteiger partial charge in [0.05, 0.1) is 5.34 Å². The van der Waals surface area contributed by atoms with E-state index in [0.29, 0.717) is 68.8 Å². The first-order valence-corrected chi connectivity index (χ1v) is 37.0. The molecule has 0 saturated carbocycles. The summed E-state index contributed by atoms with van der Waals surface area (Å²) in [6.45, 7) is 10.9. The van der Waals surface area contributed by atoms with Crippen LogP contribution in [-0.4, -0.2) is 94.6 Å². The average molecular weight is 1640 g/mol. The van der Waals surface area contributed by atoms with Crippen molar-refractivity contribution in [1.82, 2.24) is 0 Å². The van der Waals surface area contributed by atoms with Crippen molar-refractivity contribution >= 4 is 189 Å². The zero-order chi connectivity index (χ0) is 76.1. The first-order chi connectivity index (χ1) is 48.1. The van der Waals surface area contributed by atoms with Gasteiger partial charge < -0.3 is 36.5 Å². The summed E-state index contributed by atoms with van der Waals surface area (Å²) in [5.41, 5.74) is 18.8. The lowest BCUT2D eigenvalue weighted by Gasteiger charge is -2.20. The van der Waals surface area contributed by atoms with E-state index < -0.39 is 73.1 Å². The maximum Gasteiger partial charge on any atom is 0.342 e. The van der Waals surface area contributed by atoms with Crippen molar-refractivity contribution < 1.29 is 53.2 Å². The molecule has 26 heteroatoms. The molecule has 9 rings (SSSR count). The van der Waals surface area contributed by atoms with Crippen LogP contribution in [0.25, 0.3) is 22.3 Å². The lowest BCUT2D eigenvalue weighted by molar-refractivity contribution is -0.138. The molecule has 0 fully saturated rings. The smallest absolute Gasteiger partial charge is 0.342 e. The van der Waals surface area contributed by atoms with E-state index in [0.717, 1.165) is 44.5 Å². The predicted molar refractivity (Wildman–Crippen MR) is 430 cm³/mol. The number of nitrogens with one attached hydrogen (secondary N) is 1. The Kier molecular flexibility index (Phi) is 43.4. The highest BCUT2D eigenvalue weighted by atomic mass is 35.5. The molecule has 2 heterocycles. The maximum absolute atomic E-state index is 13.0. The van der Waals surface area contributed by atoms with Crippen LogP contribution in [0.3, 0.4) is 0 Å². The molecular weight excluding hydrogens is 1560 g/mol. The fraction of sp³-hybridized carbons (Fsp3) is 0.260. The molecule has 0 aliphatic carbocycles. The lowest BCUT2D eigenvalue weighted by Crippen LogP contribution is -2.32.